The molecule has 0 spiro atoms. The molecule has 3 heteroatoms. The molecule has 114 valence electrons. The quantitative estimate of drug-likeness (QED) is 0.697. The van der Waals surface area contributed by atoms with Crippen LogP contribution in [0.25, 0.3) is 0 Å². The van der Waals surface area contributed by atoms with E-state index in [0.29, 0.717) is 5.92 Å². The van der Waals surface area contributed by atoms with Gasteiger partial charge in [0.15, 0.2) is 0 Å². The van der Waals surface area contributed by atoms with Crippen molar-refractivity contribution >= 4 is 5.82 Å². The van der Waals surface area contributed by atoms with Crippen LogP contribution in [-0.4, -0.2) is 25.1 Å². The van der Waals surface area contributed by atoms with Gasteiger partial charge < -0.3 is 10.2 Å². The summed E-state index contributed by atoms with van der Waals surface area (Å²) in [7, 11) is 2.14. The molecule has 1 aromatic heterocycles. The summed E-state index contributed by atoms with van der Waals surface area (Å²) in [5.41, 5.74) is 2.54. The number of hydrogen-bond acceptors (Lipinski definition) is 3. The Bertz CT molecular complexity index is 388. The summed E-state index contributed by atoms with van der Waals surface area (Å²) in [5, 5.41) is 3.47. The molecular formula is C17H31N3. The van der Waals surface area contributed by atoms with Gasteiger partial charge in [0, 0.05) is 26.3 Å². The van der Waals surface area contributed by atoms with E-state index in [1.54, 1.807) is 0 Å². The third-order valence-corrected chi connectivity index (χ3v) is 3.45. The van der Waals surface area contributed by atoms with Gasteiger partial charge in [-0.25, -0.2) is 4.98 Å². The van der Waals surface area contributed by atoms with Crippen LogP contribution in [0.2, 0.25) is 0 Å². The molecule has 0 amide bonds. The summed E-state index contributed by atoms with van der Waals surface area (Å²) in [6.07, 6.45) is 5.80. The van der Waals surface area contributed by atoms with E-state index in [9.17, 15) is 0 Å². The molecule has 1 heterocycles. The first-order valence-electron chi connectivity index (χ1n) is 7.92. The highest BCUT2D eigenvalue weighted by molar-refractivity contribution is 5.46. The largest absolute Gasteiger partial charge is 0.359 e. The van der Waals surface area contributed by atoms with Gasteiger partial charge in [-0.1, -0.05) is 33.6 Å². The topological polar surface area (TPSA) is 28.2 Å². The van der Waals surface area contributed by atoms with E-state index in [4.69, 9.17) is 0 Å². The first-order valence-corrected chi connectivity index (χ1v) is 7.92. The highest BCUT2D eigenvalue weighted by atomic mass is 15.2. The number of aryl methyl sites for hydroxylation is 1. The molecule has 0 atom stereocenters. The van der Waals surface area contributed by atoms with Gasteiger partial charge in [-0.2, -0.15) is 0 Å². The molecule has 3 nitrogen and oxygen atoms in total. The molecule has 0 aliphatic heterocycles. The molecule has 0 aromatic carbocycles. The molecule has 0 fully saturated rings. The molecule has 1 aromatic rings. The summed E-state index contributed by atoms with van der Waals surface area (Å²) in [5.74, 6) is 1.81. The first kappa shape index (κ1) is 17.0. The van der Waals surface area contributed by atoms with E-state index in [-0.39, 0.29) is 0 Å². The summed E-state index contributed by atoms with van der Waals surface area (Å²) in [4.78, 5) is 6.91. The van der Waals surface area contributed by atoms with Gasteiger partial charge in [-0.3, -0.25) is 0 Å². The van der Waals surface area contributed by atoms with Gasteiger partial charge in [-0.05, 0) is 43.0 Å². The molecule has 0 aliphatic carbocycles. The number of pyridine rings is 1. The summed E-state index contributed by atoms with van der Waals surface area (Å²) >= 11 is 0. The lowest BCUT2D eigenvalue weighted by atomic mass is 10.1. The van der Waals surface area contributed by atoms with Crippen LogP contribution in [0.4, 0.5) is 5.82 Å². The van der Waals surface area contributed by atoms with E-state index >= 15 is 0 Å². The minimum absolute atomic E-state index is 0.688. The van der Waals surface area contributed by atoms with E-state index in [2.05, 4.69) is 56.0 Å². The van der Waals surface area contributed by atoms with E-state index < -0.39 is 0 Å². The molecule has 0 radical (unpaired) electrons. The minimum atomic E-state index is 0.688. The van der Waals surface area contributed by atoms with Crippen LogP contribution in [-0.2, 0) is 6.54 Å². The van der Waals surface area contributed by atoms with Gasteiger partial charge in [0.05, 0.1) is 0 Å². The lowest BCUT2D eigenvalue weighted by molar-refractivity contribution is 0.551. The Labute approximate surface area is 124 Å². The fourth-order valence-corrected chi connectivity index (χ4v) is 2.33. The monoisotopic (exact) mass is 277 g/mol. The molecule has 0 saturated carbocycles. The van der Waals surface area contributed by atoms with Gasteiger partial charge in [0.25, 0.3) is 0 Å². The predicted octanol–water partition coefficient (Wildman–Crippen LogP) is 3.76. The summed E-state index contributed by atoms with van der Waals surface area (Å²) in [6.45, 7) is 11.9. The molecular weight excluding hydrogens is 246 g/mol. The van der Waals surface area contributed by atoms with E-state index in [0.717, 1.165) is 25.5 Å². The molecule has 20 heavy (non-hydrogen) atoms. The second-order valence-corrected chi connectivity index (χ2v) is 6.14. The minimum Gasteiger partial charge on any atom is -0.359 e. The zero-order valence-electron chi connectivity index (χ0n) is 13.9. The van der Waals surface area contributed by atoms with Crippen molar-refractivity contribution in [2.45, 2.75) is 53.5 Å². The molecule has 1 rings (SSSR count). The Balaban J connectivity index is 2.54. The van der Waals surface area contributed by atoms with Gasteiger partial charge in [0.1, 0.15) is 5.82 Å². The number of nitrogens with one attached hydrogen (secondary N) is 1. The lowest BCUT2D eigenvalue weighted by Gasteiger charge is -2.20. The maximum Gasteiger partial charge on any atom is 0.131 e. The van der Waals surface area contributed by atoms with E-state index in [1.165, 1.54) is 30.4 Å². The van der Waals surface area contributed by atoms with Crippen molar-refractivity contribution in [3.05, 3.63) is 23.4 Å². The average molecular weight is 277 g/mol. The number of anilines is 1. The Morgan fingerprint density at radius 2 is 2.05 bits per heavy atom. The molecule has 0 unspecified atom stereocenters. The van der Waals surface area contributed by atoms with Crippen LogP contribution >= 0.6 is 0 Å². The van der Waals surface area contributed by atoms with Crippen LogP contribution in [0.15, 0.2) is 12.3 Å². The zero-order chi connectivity index (χ0) is 15.0. The highest BCUT2D eigenvalue weighted by Crippen LogP contribution is 2.17. The Kier molecular flexibility index (Phi) is 7.60. The third kappa shape index (κ3) is 5.91. The Hall–Kier alpha value is -1.09. The normalized spacial score (nSPS) is 11.1. The van der Waals surface area contributed by atoms with Gasteiger partial charge in [0.2, 0.25) is 0 Å². The van der Waals surface area contributed by atoms with Crippen molar-refractivity contribution in [3.8, 4) is 0 Å². The molecule has 0 saturated heterocycles. The molecule has 1 N–H and O–H groups in total. The maximum atomic E-state index is 4.64. The smallest absolute Gasteiger partial charge is 0.131 e. The summed E-state index contributed by atoms with van der Waals surface area (Å²) in [6, 6.07) is 2.26. The molecule has 0 bridgehead atoms. The van der Waals surface area contributed by atoms with Crippen molar-refractivity contribution < 1.29 is 0 Å². The Morgan fingerprint density at radius 1 is 1.30 bits per heavy atom. The van der Waals surface area contributed by atoms with Crippen molar-refractivity contribution in [3.63, 3.8) is 0 Å². The first-order chi connectivity index (χ1) is 9.54. The van der Waals surface area contributed by atoms with Crippen LogP contribution in [0.1, 0.15) is 51.2 Å². The van der Waals surface area contributed by atoms with Crippen molar-refractivity contribution in [2.24, 2.45) is 5.92 Å². The Morgan fingerprint density at radius 3 is 2.65 bits per heavy atom. The zero-order valence-corrected chi connectivity index (χ0v) is 13.9. The van der Waals surface area contributed by atoms with Crippen LogP contribution in [0, 0.1) is 12.8 Å². The molecule has 0 aliphatic rings. The fraction of sp³-hybridized carbons (Fsp3) is 0.706. The fourth-order valence-electron chi connectivity index (χ4n) is 2.33. The number of hydrogen-bond donors (Lipinski definition) is 1. The lowest BCUT2D eigenvalue weighted by Crippen LogP contribution is -2.22. The number of rotatable bonds is 9. The SMILES string of the molecule is CCCCCN(C)c1ncc(CNCC(C)C)cc1C. The van der Waals surface area contributed by atoms with Crippen molar-refractivity contribution in [2.75, 3.05) is 25.0 Å². The highest BCUT2D eigenvalue weighted by Gasteiger charge is 2.07. The standard InChI is InChI=1S/C17H31N3/c1-6-7-8-9-20(5)17-15(4)10-16(13-19-17)12-18-11-14(2)3/h10,13-14,18H,6-9,11-12H2,1-5H3. The average Bonchev–Trinajstić information content (AvgIpc) is 2.38. The maximum absolute atomic E-state index is 4.64. The predicted molar refractivity (Wildman–Crippen MR) is 88.3 cm³/mol. The van der Waals surface area contributed by atoms with Gasteiger partial charge >= 0.3 is 0 Å². The number of aromatic nitrogens is 1. The van der Waals surface area contributed by atoms with Crippen LogP contribution < -0.4 is 10.2 Å². The van der Waals surface area contributed by atoms with Crippen LogP contribution in [0.5, 0.6) is 0 Å². The van der Waals surface area contributed by atoms with E-state index in [1.807, 2.05) is 6.20 Å². The second-order valence-electron chi connectivity index (χ2n) is 6.14. The van der Waals surface area contributed by atoms with Crippen molar-refractivity contribution in [1.82, 2.24) is 10.3 Å². The summed E-state index contributed by atoms with van der Waals surface area (Å²) < 4.78 is 0. The van der Waals surface area contributed by atoms with Gasteiger partial charge in [-0.15, -0.1) is 0 Å². The second kappa shape index (κ2) is 8.96. The van der Waals surface area contributed by atoms with Crippen LogP contribution in [0.3, 0.4) is 0 Å². The number of unbranched alkanes of at least 4 members (excludes halogenated alkanes) is 2. The third-order valence-electron chi connectivity index (χ3n) is 3.45. The van der Waals surface area contributed by atoms with Crippen molar-refractivity contribution in [1.29, 1.82) is 0 Å². The number of nitrogens with zero attached hydrogens (tertiary/aromatic N) is 2.